The summed E-state index contributed by atoms with van der Waals surface area (Å²) >= 11 is 0. The summed E-state index contributed by atoms with van der Waals surface area (Å²) in [6, 6.07) is 28.7. The molecule has 0 aliphatic rings. The van der Waals surface area contributed by atoms with Gasteiger partial charge in [-0.1, -0.05) is 30.3 Å². The quantitative estimate of drug-likeness (QED) is 0.279. The largest absolute Gasteiger partial charge is 0.456 e. The molecule has 0 radical (unpaired) electrons. The van der Waals surface area contributed by atoms with E-state index in [9.17, 15) is 5.26 Å². The normalized spacial score (nSPS) is 12.0. The fourth-order valence-corrected chi connectivity index (χ4v) is 4.65. The summed E-state index contributed by atoms with van der Waals surface area (Å²) in [6.45, 7) is 0. The third kappa shape index (κ3) is 1.86. The minimum Gasteiger partial charge on any atom is -0.456 e. The van der Waals surface area contributed by atoms with Crippen LogP contribution in [-0.2, 0) is 0 Å². The molecule has 7 aromatic rings. The molecule has 0 atom stereocenters. The van der Waals surface area contributed by atoms with E-state index in [1.165, 1.54) is 0 Å². The van der Waals surface area contributed by atoms with Crippen molar-refractivity contribution in [2.45, 2.75) is 0 Å². The van der Waals surface area contributed by atoms with Gasteiger partial charge in [0, 0.05) is 21.5 Å². The van der Waals surface area contributed by atoms with Crippen molar-refractivity contribution in [3.63, 3.8) is 0 Å². The van der Waals surface area contributed by atoms with Crippen molar-refractivity contribution in [2.24, 2.45) is 0 Å². The van der Waals surface area contributed by atoms with Gasteiger partial charge in [0.2, 0.25) is 0 Å². The van der Waals surface area contributed by atoms with Crippen LogP contribution in [0.1, 0.15) is 5.56 Å². The van der Waals surface area contributed by atoms with E-state index in [1.807, 2.05) is 18.2 Å². The van der Waals surface area contributed by atoms with Crippen LogP contribution in [0.2, 0.25) is 0 Å². The topological polar surface area (TPSA) is 54.2 Å². The van der Waals surface area contributed by atoms with Crippen molar-refractivity contribution in [3.8, 4) is 6.07 Å². The van der Waals surface area contributed by atoms with Crippen LogP contribution in [-0.4, -0.2) is 9.38 Å². The molecule has 0 N–H and O–H groups in total. The zero-order chi connectivity index (χ0) is 19.8. The molecule has 0 amide bonds. The maximum Gasteiger partial charge on any atom is 0.146 e. The number of imidazole rings is 1. The molecule has 3 heterocycles. The molecule has 3 aromatic heterocycles. The number of para-hydroxylation sites is 3. The van der Waals surface area contributed by atoms with Crippen LogP contribution in [0, 0.1) is 11.3 Å². The maximum atomic E-state index is 9.23. The second-order valence-corrected chi connectivity index (χ2v) is 7.60. The Morgan fingerprint density at radius 2 is 1.50 bits per heavy atom. The van der Waals surface area contributed by atoms with Crippen molar-refractivity contribution < 1.29 is 4.42 Å². The van der Waals surface area contributed by atoms with Crippen LogP contribution in [0.25, 0.3) is 60.3 Å². The van der Waals surface area contributed by atoms with Crippen LogP contribution in [0.5, 0.6) is 0 Å². The number of hydrogen-bond donors (Lipinski definition) is 0. The summed E-state index contributed by atoms with van der Waals surface area (Å²) in [4.78, 5) is 4.98. The van der Waals surface area contributed by atoms with Crippen molar-refractivity contribution in [3.05, 3.63) is 84.4 Å². The Labute approximate surface area is 170 Å². The standard InChI is InChI=1S/C26H13N3O/c27-14-15-9-10-17-19-12-20-18(13-25(19)30-24(17)11-15)16-5-1-3-7-22(16)29-23-8-4-2-6-21(23)28-26(20)29/h1-13H. The molecule has 0 bridgehead atoms. The van der Waals surface area contributed by atoms with Gasteiger partial charge < -0.3 is 4.42 Å². The average Bonchev–Trinajstić information content (AvgIpc) is 3.35. The molecule has 4 nitrogen and oxygen atoms in total. The Morgan fingerprint density at radius 3 is 2.40 bits per heavy atom. The van der Waals surface area contributed by atoms with Gasteiger partial charge in [-0.05, 0) is 53.9 Å². The first kappa shape index (κ1) is 15.5. The highest BCUT2D eigenvalue weighted by Crippen LogP contribution is 2.38. The maximum absolute atomic E-state index is 9.23. The van der Waals surface area contributed by atoms with E-state index in [0.29, 0.717) is 5.56 Å². The lowest BCUT2D eigenvalue weighted by molar-refractivity contribution is 0.669. The number of pyridine rings is 1. The van der Waals surface area contributed by atoms with Gasteiger partial charge in [0.1, 0.15) is 16.8 Å². The first-order valence-corrected chi connectivity index (χ1v) is 9.80. The Kier molecular flexibility index (Phi) is 2.78. The number of hydrogen-bond acceptors (Lipinski definition) is 3. The van der Waals surface area contributed by atoms with Crippen LogP contribution in [0.15, 0.2) is 83.3 Å². The highest BCUT2D eigenvalue weighted by Gasteiger charge is 2.16. The molecule has 4 aromatic carbocycles. The predicted octanol–water partition coefficient (Wildman–Crippen LogP) is 6.56. The summed E-state index contributed by atoms with van der Waals surface area (Å²) in [5, 5.41) is 14.6. The highest BCUT2D eigenvalue weighted by atomic mass is 16.3. The summed E-state index contributed by atoms with van der Waals surface area (Å²) in [5.74, 6) is 0. The third-order valence-corrected chi connectivity index (χ3v) is 5.98. The van der Waals surface area contributed by atoms with Crippen LogP contribution in [0.3, 0.4) is 0 Å². The van der Waals surface area contributed by atoms with Gasteiger partial charge in [0.25, 0.3) is 0 Å². The van der Waals surface area contributed by atoms with Gasteiger partial charge in [0.15, 0.2) is 0 Å². The Morgan fingerprint density at radius 1 is 0.700 bits per heavy atom. The lowest BCUT2D eigenvalue weighted by Crippen LogP contribution is -1.91. The van der Waals surface area contributed by atoms with E-state index in [-0.39, 0.29) is 0 Å². The SMILES string of the molecule is N#Cc1ccc2c(c1)oc1cc3c4ccccc4n4c5ccccc5nc4c3cc12. The number of furan rings is 1. The molecule has 0 saturated carbocycles. The van der Waals surface area contributed by atoms with Gasteiger partial charge in [-0.3, -0.25) is 4.40 Å². The summed E-state index contributed by atoms with van der Waals surface area (Å²) < 4.78 is 8.39. The second-order valence-electron chi connectivity index (χ2n) is 7.60. The number of nitrogens with zero attached hydrogens (tertiary/aromatic N) is 3. The smallest absolute Gasteiger partial charge is 0.146 e. The van der Waals surface area contributed by atoms with Crippen molar-refractivity contribution >= 4 is 60.3 Å². The van der Waals surface area contributed by atoms with E-state index in [2.05, 4.69) is 65.1 Å². The Hall–Kier alpha value is -4.36. The van der Waals surface area contributed by atoms with Gasteiger partial charge in [-0.2, -0.15) is 5.26 Å². The predicted molar refractivity (Wildman–Crippen MR) is 120 cm³/mol. The molecule has 0 spiro atoms. The Balaban J connectivity index is 1.77. The van der Waals surface area contributed by atoms with Crippen molar-refractivity contribution in [2.75, 3.05) is 0 Å². The zero-order valence-corrected chi connectivity index (χ0v) is 15.8. The minimum absolute atomic E-state index is 0.596. The van der Waals surface area contributed by atoms with E-state index in [1.54, 1.807) is 6.07 Å². The number of fused-ring (bicyclic) bond motifs is 11. The fraction of sp³-hybridized carbons (Fsp3) is 0. The first-order valence-electron chi connectivity index (χ1n) is 9.80. The van der Waals surface area contributed by atoms with E-state index in [4.69, 9.17) is 9.40 Å². The van der Waals surface area contributed by atoms with Gasteiger partial charge in [0.05, 0.1) is 28.2 Å². The molecule has 0 fully saturated rings. The molecule has 4 heteroatoms. The molecule has 0 aliphatic heterocycles. The van der Waals surface area contributed by atoms with E-state index < -0.39 is 0 Å². The molecular weight excluding hydrogens is 370 g/mol. The first-order chi connectivity index (χ1) is 14.8. The third-order valence-electron chi connectivity index (χ3n) is 5.98. The highest BCUT2D eigenvalue weighted by molar-refractivity contribution is 6.20. The number of aromatic nitrogens is 2. The molecule has 0 unspecified atom stereocenters. The zero-order valence-electron chi connectivity index (χ0n) is 15.8. The second kappa shape index (κ2) is 5.37. The Bertz CT molecular complexity index is 1860. The number of benzene rings is 4. The summed E-state index contributed by atoms with van der Waals surface area (Å²) in [5.41, 5.74) is 6.28. The van der Waals surface area contributed by atoms with Crippen LogP contribution < -0.4 is 0 Å². The molecule has 138 valence electrons. The average molecular weight is 383 g/mol. The molecular formula is C26H13N3O. The number of nitriles is 1. The van der Waals surface area contributed by atoms with Gasteiger partial charge >= 0.3 is 0 Å². The van der Waals surface area contributed by atoms with Gasteiger partial charge in [-0.15, -0.1) is 0 Å². The van der Waals surface area contributed by atoms with Crippen molar-refractivity contribution in [1.29, 1.82) is 5.26 Å². The monoisotopic (exact) mass is 383 g/mol. The van der Waals surface area contributed by atoms with Crippen LogP contribution in [0.4, 0.5) is 0 Å². The summed E-state index contributed by atoms with van der Waals surface area (Å²) in [6.07, 6.45) is 0. The lowest BCUT2D eigenvalue weighted by atomic mass is 10.0. The summed E-state index contributed by atoms with van der Waals surface area (Å²) in [7, 11) is 0. The van der Waals surface area contributed by atoms with Crippen LogP contribution >= 0.6 is 0 Å². The van der Waals surface area contributed by atoms with Gasteiger partial charge in [-0.25, -0.2) is 4.98 Å². The van der Waals surface area contributed by atoms with E-state index >= 15 is 0 Å². The lowest BCUT2D eigenvalue weighted by Gasteiger charge is -2.09. The van der Waals surface area contributed by atoms with Crippen molar-refractivity contribution in [1.82, 2.24) is 9.38 Å². The minimum atomic E-state index is 0.596. The van der Waals surface area contributed by atoms with E-state index in [0.717, 1.165) is 60.3 Å². The molecule has 30 heavy (non-hydrogen) atoms. The number of rotatable bonds is 0. The molecule has 0 aliphatic carbocycles. The molecule has 0 saturated heterocycles. The molecule has 7 rings (SSSR count). The fourth-order valence-electron chi connectivity index (χ4n) is 4.65.